The molecular formula is C12H17N5O. The van der Waals surface area contributed by atoms with Crippen LogP contribution in [0.25, 0.3) is 10.9 Å². The SMILES string of the molecule is CC(C)(CC(N)=O)Nc1cc2[nH]ncc2cc1N. The number of hydrogen-bond acceptors (Lipinski definition) is 4. The van der Waals surface area contributed by atoms with Crippen molar-refractivity contribution in [1.82, 2.24) is 10.2 Å². The van der Waals surface area contributed by atoms with Crippen LogP contribution in [0.3, 0.4) is 0 Å². The predicted octanol–water partition coefficient (Wildman–Crippen LogP) is 1.21. The van der Waals surface area contributed by atoms with E-state index < -0.39 is 5.54 Å². The summed E-state index contributed by atoms with van der Waals surface area (Å²) in [4.78, 5) is 11.0. The average Bonchev–Trinajstić information content (AvgIpc) is 2.62. The van der Waals surface area contributed by atoms with Gasteiger partial charge < -0.3 is 16.8 Å². The lowest BCUT2D eigenvalue weighted by Crippen LogP contribution is -2.36. The molecule has 0 bridgehead atoms. The van der Waals surface area contributed by atoms with E-state index in [0.29, 0.717) is 5.69 Å². The highest BCUT2D eigenvalue weighted by Crippen LogP contribution is 2.28. The van der Waals surface area contributed by atoms with Gasteiger partial charge in [-0.1, -0.05) is 0 Å². The molecule has 0 atom stereocenters. The number of carbonyl (C=O) groups is 1. The number of nitrogens with zero attached hydrogens (tertiary/aromatic N) is 1. The highest BCUT2D eigenvalue weighted by molar-refractivity contribution is 5.89. The summed E-state index contributed by atoms with van der Waals surface area (Å²) in [7, 11) is 0. The Balaban J connectivity index is 2.30. The Morgan fingerprint density at radius 2 is 2.22 bits per heavy atom. The molecule has 0 saturated carbocycles. The molecule has 18 heavy (non-hydrogen) atoms. The first-order valence-electron chi connectivity index (χ1n) is 5.66. The van der Waals surface area contributed by atoms with Gasteiger partial charge in [0.2, 0.25) is 5.91 Å². The Morgan fingerprint density at radius 1 is 1.50 bits per heavy atom. The summed E-state index contributed by atoms with van der Waals surface area (Å²) >= 11 is 0. The number of nitrogen functional groups attached to an aromatic ring is 1. The molecule has 0 saturated heterocycles. The number of aromatic nitrogens is 2. The first-order valence-corrected chi connectivity index (χ1v) is 5.66. The summed E-state index contributed by atoms with van der Waals surface area (Å²) in [5, 5.41) is 11.0. The Hall–Kier alpha value is -2.24. The van der Waals surface area contributed by atoms with Crippen LogP contribution in [-0.4, -0.2) is 21.6 Å². The minimum absolute atomic E-state index is 0.230. The lowest BCUT2D eigenvalue weighted by Gasteiger charge is -2.27. The maximum absolute atomic E-state index is 11.0. The molecule has 0 radical (unpaired) electrons. The lowest BCUT2D eigenvalue weighted by atomic mass is 9.99. The summed E-state index contributed by atoms with van der Waals surface area (Å²) in [5.41, 5.74) is 13.0. The topological polar surface area (TPSA) is 110 Å². The molecule has 0 aliphatic carbocycles. The summed E-state index contributed by atoms with van der Waals surface area (Å²) in [6, 6.07) is 3.71. The monoisotopic (exact) mass is 247 g/mol. The third-order valence-corrected chi connectivity index (χ3v) is 2.70. The number of nitrogens with two attached hydrogens (primary N) is 2. The van der Waals surface area contributed by atoms with E-state index in [4.69, 9.17) is 11.5 Å². The predicted molar refractivity (Wildman–Crippen MR) is 72.0 cm³/mol. The third kappa shape index (κ3) is 2.53. The molecule has 0 fully saturated rings. The number of primary amides is 1. The zero-order chi connectivity index (χ0) is 13.3. The van der Waals surface area contributed by atoms with Crippen LogP contribution in [0.2, 0.25) is 0 Å². The Morgan fingerprint density at radius 3 is 2.89 bits per heavy atom. The number of H-pyrrole nitrogens is 1. The first kappa shape index (κ1) is 12.2. The molecule has 96 valence electrons. The van der Waals surface area contributed by atoms with Gasteiger partial charge in [-0.3, -0.25) is 9.89 Å². The maximum atomic E-state index is 11.0. The molecular weight excluding hydrogens is 230 g/mol. The number of anilines is 2. The number of hydrogen-bond donors (Lipinski definition) is 4. The van der Waals surface area contributed by atoms with Gasteiger partial charge in [-0.15, -0.1) is 0 Å². The van der Waals surface area contributed by atoms with E-state index in [9.17, 15) is 4.79 Å². The zero-order valence-electron chi connectivity index (χ0n) is 10.4. The van der Waals surface area contributed by atoms with E-state index in [1.165, 1.54) is 0 Å². The average molecular weight is 247 g/mol. The molecule has 2 rings (SSSR count). The Labute approximate surface area is 105 Å². The summed E-state index contributed by atoms with van der Waals surface area (Å²) in [5.74, 6) is -0.353. The largest absolute Gasteiger partial charge is 0.397 e. The molecule has 1 aromatic carbocycles. The second-order valence-corrected chi connectivity index (χ2v) is 5.05. The standard InChI is InChI=1S/C12H17N5O/c1-12(2,5-11(14)18)16-10-4-9-7(3-8(10)13)6-15-17-9/h3-4,6,16H,5,13H2,1-2H3,(H2,14,18)(H,15,17). The summed E-state index contributed by atoms with van der Waals surface area (Å²) < 4.78 is 0. The number of amides is 1. The number of benzene rings is 1. The molecule has 6 nitrogen and oxygen atoms in total. The van der Waals surface area contributed by atoms with E-state index in [1.807, 2.05) is 26.0 Å². The molecule has 0 unspecified atom stereocenters. The van der Waals surface area contributed by atoms with E-state index in [-0.39, 0.29) is 12.3 Å². The third-order valence-electron chi connectivity index (χ3n) is 2.70. The van der Waals surface area contributed by atoms with Crippen LogP contribution in [0.1, 0.15) is 20.3 Å². The van der Waals surface area contributed by atoms with Crippen molar-refractivity contribution in [2.45, 2.75) is 25.8 Å². The van der Waals surface area contributed by atoms with Crippen LogP contribution >= 0.6 is 0 Å². The summed E-state index contributed by atoms with van der Waals surface area (Å²) in [6.07, 6.45) is 1.94. The van der Waals surface area contributed by atoms with Crippen molar-refractivity contribution in [1.29, 1.82) is 0 Å². The van der Waals surface area contributed by atoms with E-state index in [2.05, 4.69) is 15.5 Å². The van der Waals surface area contributed by atoms with Crippen molar-refractivity contribution in [3.8, 4) is 0 Å². The highest BCUT2D eigenvalue weighted by Gasteiger charge is 2.21. The second kappa shape index (κ2) is 4.21. The number of aromatic amines is 1. The zero-order valence-corrected chi connectivity index (χ0v) is 10.4. The molecule has 6 heteroatoms. The van der Waals surface area contributed by atoms with E-state index >= 15 is 0 Å². The normalized spacial score (nSPS) is 11.7. The second-order valence-electron chi connectivity index (χ2n) is 5.05. The molecule has 1 amide bonds. The molecule has 1 aromatic heterocycles. The quantitative estimate of drug-likeness (QED) is 0.609. The molecule has 6 N–H and O–H groups in total. The van der Waals surface area contributed by atoms with Crippen LogP contribution in [-0.2, 0) is 4.79 Å². The van der Waals surface area contributed by atoms with Crippen LogP contribution in [0.15, 0.2) is 18.3 Å². The summed E-state index contributed by atoms with van der Waals surface area (Å²) in [6.45, 7) is 3.79. The lowest BCUT2D eigenvalue weighted by molar-refractivity contribution is -0.118. The van der Waals surface area contributed by atoms with E-state index in [1.54, 1.807) is 6.20 Å². The smallest absolute Gasteiger partial charge is 0.219 e. The van der Waals surface area contributed by atoms with Crippen LogP contribution < -0.4 is 16.8 Å². The molecule has 0 aliphatic heterocycles. The molecule has 2 aromatic rings. The van der Waals surface area contributed by atoms with Gasteiger partial charge in [0.15, 0.2) is 0 Å². The number of fused-ring (bicyclic) bond motifs is 1. The van der Waals surface area contributed by atoms with Crippen LogP contribution in [0.4, 0.5) is 11.4 Å². The number of rotatable bonds is 4. The maximum Gasteiger partial charge on any atom is 0.219 e. The minimum atomic E-state index is -0.451. The number of carbonyl (C=O) groups excluding carboxylic acids is 1. The Bertz CT molecular complexity index is 587. The van der Waals surface area contributed by atoms with E-state index in [0.717, 1.165) is 16.6 Å². The van der Waals surface area contributed by atoms with Gasteiger partial charge in [0, 0.05) is 17.3 Å². The van der Waals surface area contributed by atoms with Crippen molar-refractivity contribution in [2.24, 2.45) is 5.73 Å². The van der Waals surface area contributed by atoms with Gasteiger partial charge in [0.1, 0.15) is 0 Å². The van der Waals surface area contributed by atoms with Crippen LogP contribution in [0.5, 0.6) is 0 Å². The van der Waals surface area contributed by atoms with Gasteiger partial charge in [0.25, 0.3) is 0 Å². The molecule has 1 heterocycles. The Kier molecular flexibility index (Phi) is 2.86. The van der Waals surface area contributed by atoms with Gasteiger partial charge in [-0.25, -0.2) is 0 Å². The fourth-order valence-electron chi connectivity index (χ4n) is 1.96. The van der Waals surface area contributed by atoms with Crippen LogP contribution in [0, 0.1) is 0 Å². The van der Waals surface area contributed by atoms with Crippen molar-refractivity contribution in [2.75, 3.05) is 11.1 Å². The molecule has 0 spiro atoms. The first-order chi connectivity index (χ1) is 8.37. The van der Waals surface area contributed by atoms with Crippen molar-refractivity contribution >= 4 is 28.2 Å². The van der Waals surface area contributed by atoms with Crippen molar-refractivity contribution in [3.63, 3.8) is 0 Å². The van der Waals surface area contributed by atoms with Crippen molar-refractivity contribution in [3.05, 3.63) is 18.3 Å². The fourth-order valence-corrected chi connectivity index (χ4v) is 1.96. The highest BCUT2D eigenvalue weighted by atomic mass is 16.1. The van der Waals surface area contributed by atoms with Gasteiger partial charge in [0.05, 0.1) is 23.1 Å². The molecule has 0 aliphatic rings. The minimum Gasteiger partial charge on any atom is -0.397 e. The van der Waals surface area contributed by atoms with Gasteiger partial charge >= 0.3 is 0 Å². The number of nitrogens with one attached hydrogen (secondary N) is 2. The fraction of sp³-hybridized carbons (Fsp3) is 0.333. The van der Waals surface area contributed by atoms with Gasteiger partial charge in [-0.05, 0) is 26.0 Å². The van der Waals surface area contributed by atoms with Gasteiger partial charge in [-0.2, -0.15) is 5.10 Å². The van der Waals surface area contributed by atoms with Crippen molar-refractivity contribution < 1.29 is 4.79 Å².